The van der Waals surface area contributed by atoms with Crippen LogP contribution < -0.4 is 11.3 Å². The maximum Gasteiger partial charge on any atom is 0.267 e. The first-order chi connectivity index (χ1) is 6.68. The normalized spacial score (nSPS) is 10.3. The minimum absolute atomic E-state index is 0.0931. The zero-order valence-corrected chi connectivity index (χ0v) is 7.02. The average molecular weight is 190 g/mol. The fraction of sp³-hybridized carbons (Fsp3) is 0. The molecule has 1 amide bonds. The first kappa shape index (κ1) is 8.36. The van der Waals surface area contributed by atoms with E-state index < -0.39 is 5.91 Å². The van der Waals surface area contributed by atoms with Crippen LogP contribution in [0.25, 0.3) is 11.0 Å². The van der Waals surface area contributed by atoms with Crippen LogP contribution in [0, 0.1) is 0 Å². The number of rotatable bonds is 1. The van der Waals surface area contributed by atoms with Gasteiger partial charge in [0.05, 0.1) is 11.7 Å². The number of pyridine rings is 1. The standard InChI is InChI=1S/C8H6N4O2/c9-6(13)5-2-1-4-7(12-5)10-3-11-8(4)14/h1-3H,(H2,9,13)(H,10,11,12,14). The second-order valence-corrected chi connectivity index (χ2v) is 2.66. The Balaban J connectivity index is 2.80. The highest BCUT2D eigenvalue weighted by Gasteiger charge is 2.05. The van der Waals surface area contributed by atoms with Crippen molar-refractivity contribution in [1.29, 1.82) is 0 Å². The van der Waals surface area contributed by atoms with Crippen molar-refractivity contribution in [3.63, 3.8) is 0 Å². The third-order valence-electron chi connectivity index (χ3n) is 1.75. The molecule has 0 aliphatic rings. The maximum atomic E-state index is 11.2. The molecule has 2 aromatic rings. The van der Waals surface area contributed by atoms with Gasteiger partial charge >= 0.3 is 0 Å². The second kappa shape index (κ2) is 2.91. The van der Waals surface area contributed by atoms with E-state index >= 15 is 0 Å². The molecule has 0 bridgehead atoms. The van der Waals surface area contributed by atoms with Gasteiger partial charge < -0.3 is 10.7 Å². The van der Waals surface area contributed by atoms with E-state index in [0.717, 1.165) is 0 Å². The molecule has 2 aromatic heterocycles. The third kappa shape index (κ3) is 1.22. The summed E-state index contributed by atoms with van der Waals surface area (Å²) in [7, 11) is 0. The zero-order chi connectivity index (χ0) is 10.1. The molecule has 70 valence electrons. The van der Waals surface area contributed by atoms with Crippen molar-refractivity contribution in [2.75, 3.05) is 0 Å². The van der Waals surface area contributed by atoms with Crippen LogP contribution in [0.5, 0.6) is 0 Å². The highest BCUT2D eigenvalue weighted by molar-refractivity contribution is 5.92. The molecule has 0 saturated carbocycles. The van der Waals surface area contributed by atoms with Crippen molar-refractivity contribution in [3.05, 3.63) is 34.5 Å². The SMILES string of the molecule is NC(=O)c1ccc2c(=O)[nH]cnc2n1. The molecule has 3 N–H and O–H groups in total. The molecule has 0 aliphatic carbocycles. The smallest absolute Gasteiger partial charge is 0.267 e. The lowest BCUT2D eigenvalue weighted by molar-refractivity contribution is 0.0996. The molecule has 0 aliphatic heterocycles. The fourth-order valence-electron chi connectivity index (χ4n) is 1.09. The van der Waals surface area contributed by atoms with Crippen molar-refractivity contribution in [3.8, 4) is 0 Å². The van der Waals surface area contributed by atoms with Gasteiger partial charge in [0.15, 0.2) is 5.65 Å². The highest BCUT2D eigenvalue weighted by Crippen LogP contribution is 2.03. The van der Waals surface area contributed by atoms with Crippen LogP contribution in [0.2, 0.25) is 0 Å². The molecular formula is C8H6N4O2. The number of nitrogens with two attached hydrogens (primary N) is 1. The Hall–Kier alpha value is -2.24. The molecule has 2 rings (SSSR count). The van der Waals surface area contributed by atoms with E-state index in [0.29, 0.717) is 5.39 Å². The minimum atomic E-state index is -0.644. The summed E-state index contributed by atoms with van der Waals surface area (Å²) >= 11 is 0. The molecule has 0 unspecified atom stereocenters. The molecule has 0 saturated heterocycles. The van der Waals surface area contributed by atoms with Gasteiger partial charge in [-0.25, -0.2) is 9.97 Å². The molecular weight excluding hydrogens is 184 g/mol. The average Bonchev–Trinajstić information content (AvgIpc) is 2.17. The topological polar surface area (TPSA) is 102 Å². The van der Waals surface area contributed by atoms with Crippen molar-refractivity contribution in [2.45, 2.75) is 0 Å². The summed E-state index contributed by atoms with van der Waals surface area (Å²) in [5.41, 5.74) is 5.04. The Morgan fingerprint density at radius 3 is 2.93 bits per heavy atom. The molecule has 0 radical (unpaired) electrons. The number of carbonyl (C=O) groups is 1. The predicted molar refractivity (Wildman–Crippen MR) is 48.7 cm³/mol. The molecule has 0 aromatic carbocycles. The van der Waals surface area contributed by atoms with Crippen LogP contribution in [0.1, 0.15) is 10.5 Å². The largest absolute Gasteiger partial charge is 0.364 e. The Morgan fingerprint density at radius 2 is 2.21 bits per heavy atom. The number of aromatic amines is 1. The van der Waals surface area contributed by atoms with Crippen LogP contribution in [0.3, 0.4) is 0 Å². The Kier molecular flexibility index (Phi) is 1.74. The monoisotopic (exact) mass is 190 g/mol. The summed E-state index contributed by atoms with van der Waals surface area (Å²) < 4.78 is 0. The van der Waals surface area contributed by atoms with Gasteiger partial charge in [0, 0.05) is 0 Å². The van der Waals surface area contributed by atoms with Gasteiger partial charge in [-0.1, -0.05) is 0 Å². The van der Waals surface area contributed by atoms with Crippen LogP contribution in [0.15, 0.2) is 23.3 Å². The number of aromatic nitrogens is 3. The lowest BCUT2D eigenvalue weighted by Crippen LogP contribution is -2.14. The van der Waals surface area contributed by atoms with Gasteiger partial charge in [-0.05, 0) is 12.1 Å². The minimum Gasteiger partial charge on any atom is -0.364 e. The summed E-state index contributed by atoms with van der Waals surface area (Å²) in [6, 6.07) is 2.86. The van der Waals surface area contributed by atoms with Crippen molar-refractivity contribution in [2.24, 2.45) is 5.73 Å². The Morgan fingerprint density at radius 1 is 1.43 bits per heavy atom. The number of primary amides is 1. The number of hydrogen-bond donors (Lipinski definition) is 2. The third-order valence-corrected chi connectivity index (χ3v) is 1.75. The van der Waals surface area contributed by atoms with E-state index in [-0.39, 0.29) is 16.9 Å². The van der Waals surface area contributed by atoms with E-state index in [1.54, 1.807) is 0 Å². The lowest BCUT2D eigenvalue weighted by atomic mass is 10.3. The molecule has 6 heteroatoms. The number of amides is 1. The van der Waals surface area contributed by atoms with Gasteiger partial charge in [-0.3, -0.25) is 9.59 Å². The van der Waals surface area contributed by atoms with Crippen LogP contribution in [-0.4, -0.2) is 20.9 Å². The summed E-state index contributed by atoms with van der Waals surface area (Å²) in [6.45, 7) is 0. The fourth-order valence-corrected chi connectivity index (χ4v) is 1.09. The van der Waals surface area contributed by atoms with Crippen LogP contribution in [0.4, 0.5) is 0 Å². The summed E-state index contributed by atoms with van der Waals surface area (Å²) in [5.74, 6) is -0.644. The van der Waals surface area contributed by atoms with Gasteiger partial charge in [-0.15, -0.1) is 0 Å². The van der Waals surface area contributed by atoms with Crippen LogP contribution in [-0.2, 0) is 0 Å². The van der Waals surface area contributed by atoms with E-state index in [1.807, 2.05) is 0 Å². The molecule has 14 heavy (non-hydrogen) atoms. The van der Waals surface area contributed by atoms with Gasteiger partial charge in [0.1, 0.15) is 5.69 Å². The van der Waals surface area contributed by atoms with E-state index in [9.17, 15) is 9.59 Å². The van der Waals surface area contributed by atoms with Crippen LogP contribution >= 0.6 is 0 Å². The number of nitrogens with one attached hydrogen (secondary N) is 1. The van der Waals surface area contributed by atoms with Gasteiger partial charge in [0.2, 0.25) is 0 Å². The van der Waals surface area contributed by atoms with Gasteiger partial charge in [0.25, 0.3) is 11.5 Å². The van der Waals surface area contributed by atoms with Crippen molar-refractivity contribution in [1.82, 2.24) is 15.0 Å². The number of hydrogen-bond acceptors (Lipinski definition) is 4. The predicted octanol–water partition coefficient (Wildman–Crippen LogP) is -0.583. The zero-order valence-electron chi connectivity index (χ0n) is 7.02. The second-order valence-electron chi connectivity index (χ2n) is 2.66. The first-order valence-corrected chi connectivity index (χ1v) is 3.83. The number of carbonyl (C=O) groups excluding carboxylic acids is 1. The highest BCUT2D eigenvalue weighted by atomic mass is 16.1. The van der Waals surface area contributed by atoms with Gasteiger partial charge in [-0.2, -0.15) is 0 Å². The van der Waals surface area contributed by atoms with Crippen molar-refractivity contribution < 1.29 is 4.79 Å². The van der Waals surface area contributed by atoms with E-state index in [4.69, 9.17) is 5.73 Å². The summed E-state index contributed by atoms with van der Waals surface area (Å²) in [4.78, 5) is 32.0. The molecule has 0 atom stereocenters. The maximum absolute atomic E-state index is 11.2. The van der Waals surface area contributed by atoms with E-state index in [1.165, 1.54) is 18.5 Å². The Labute approximate surface area is 77.8 Å². The quantitative estimate of drug-likeness (QED) is 0.627. The number of H-pyrrole nitrogens is 1. The first-order valence-electron chi connectivity index (χ1n) is 3.83. The summed E-state index contributed by atoms with van der Waals surface area (Å²) in [5, 5.41) is 0.331. The molecule has 6 nitrogen and oxygen atoms in total. The summed E-state index contributed by atoms with van der Waals surface area (Å²) in [6.07, 6.45) is 1.22. The number of fused-ring (bicyclic) bond motifs is 1. The molecule has 2 heterocycles. The van der Waals surface area contributed by atoms with Crippen molar-refractivity contribution >= 4 is 16.9 Å². The Bertz CT molecular complexity index is 561. The molecule has 0 spiro atoms. The lowest BCUT2D eigenvalue weighted by Gasteiger charge is -1.96. The number of nitrogens with zero attached hydrogens (tertiary/aromatic N) is 2. The molecule has 0 fully saturated rings. The van der Waals surface area contributed by atoms with E-state index in [2.05, 4.69) is 15.0 Å².